The van der Waals surface area contributed by atoms with Crippen LogP contribution in [0.25, 0.3) is 10.8 Å². The Kier molecular flexibility index (Phi) is 4.88. The lowest BCUT2D eigenvalue weighted by molar-refractivity contribution is -0.121. The first kappa shape index (κ1) is 16.9. The molecule has 1 heterocycles. The first-order chi connectivity index (χ1) is 11.4. The number of benzene rings is 2. The largest absolute Gasteiger partial charge is 0.352 e. The summed E-state index contributed by atoms with van der Waals surface area (Å²) >= 11 is 0.947. The molecule has 2 aromatic rings. The minimum absolute atomic E-state index is 0.0968. The SMILES string of the molecule is O=C(CC1CSC(S(=O)(=O)O)=N1)NCc1ccc2ccccc2c1. The number of fused-ring (bicyclic) bond motifs is 1. The van der Waals surface area contributed by atoms with Gasteiger partial charge in [0.1, 0.15) is 0 Å². The summed E-state index contributed by atoms with van der Waals surface area (Å²) in [6, 6.07) is 13.6. The van der Waals surface area contributed by atoms with Crippen LogP contribution in [0.4, 0.5) is 0 Å². The number of nitrogens with zero attached hydrogens (tertiary/aromatic N) is 1. The van der Waals surface area contributed by atoms with Gasteiger partial charge >= 0.3 is 10.1 Å². The van der Waals surface area contributed by atoms with Crippen molar-refractivity contribution in [3.05, 3.63) is 48.0 Å². The maximum Gasteiger partial charge on any atom is 0.318 e. The lowest BCUT2D eigenvalue weighted by Crippen LogP contribution is -2.26. The maximum absolute atomic E-state index is 12.0. The summed E-state index contributed by atoms with van der Waals surface area (Å²) < 4.78 is 30.6. The fourth-order valence-corrected chi connectivity index (χ4v) is 4.31. The molecule has 1 aliphatic rings. The van der Waals surface area contributed by atoms with Crippen molar-refractivity contribution < 1.29 is 17.8 Å². The molecule has 1 atom stereocenters. The molecule has 1 amide bonds. The van der Waals surface area contributed by atoms with E-state index in [0.29, 0.717) is 12.3 Å². The number of rotatable bonds is 4. The Hall–Kier alpha value is -1.90. The molecule has 0 saturated carbocycles. The molecular weight excluding hydrogens is 348 g/mol. The molecule has 0 aromatic heterocycles. The minimum Gasteiger partial charge on any atom is -0.352 e. The second kappa shape index (κ2) is 6.92. The van der Waals surface area contributed by atoms with Crippen LogP contribution in [0.2, 0.25) is 0 Å². The minimum atomic E-state index is -4.27. The number of hydrogen-bond acceptors (Lipinski definition) is 5. The normalized spacial score (nSPS) is 17.7. The van der Waals surface area contributed by atoms with Crippen molar-refractivity contribution in [1.82, 2.24) is 5.32 Å². The van der Waals surface area contributed by atoms with Crippen LogP contribution in [-0.4, -0.2) is 35.0 Å². The molecule has 0 fully saturated rings. The Bertz CT molecular complexity index is 909. The van der Waals surface area contributed by atoms with Crippen molar-refractivity contribution in [2.45, 2.75) is 19.0 Å². The summed E-state index contributed by atoms with van der Waals surface area (Å²) in [6.07, 6.45) is 0.0968. The summed E-state index contributed by atoms with van der Waals surface area (Å²) in [5.74, 6) is 0.174. The smallest absolute Gasteiger partial charge is 0.318 e. The number of thioether (sulfide) groups is 1. The van der Waals surface area contributed by atoms with E-state index < -0.39 is 16.2 Å². The summed E-state index contributed by atoms with van der Waals surface area (Å²) in [7, 11) is -4.27. The molecule has 1 aliphatic heterocycles. The fraction of sp³-hybridized carbons (Fsp3) is 0.250. The van der Waals surface area contributed by atoms with E-state index in [4.69, 9.17) is 4.55 Å². The molecule has 0 aliphatic carbocycles. The van der Waals surface area contributed by atoms with Crippen molar-refractivity contribution in [2.24, 2.45) is 4.99 Å². The Labute approximate surface area is 144 Å². The number of carbonyl (C=O) groups excluding carboxylic acids is 1. The van der Waals surface area contributed by atoms with E-state index in [2.05, 4.69) is 10.3 Å². The van der Waals surface area contributed by atoms with Crippen LogP contribution in [0.3, 0.4) is 0 Å². The summed E-state index contributed by atoms with van der Waals surface area (Å²) in [6.45, 7) is 0.401. The van der Waals surface area contributed by atoms with Gasteiger partial charge in [-0.3, -0.25) is 14.3 Å². The van der Waals surface area contributed by atoms with Crippen LogP contribution in [0.1, 0.15) is 12.0 Å². The molecule has 2 N–H and O–H groups in total. The Morgan fingerprint density at radius 3 is 2.71 bits per heavy atom. The Morgan fingerprint density at radius 2 is 2.00 bits per heavy atom. The Morgan fingerprint density at radius 1 is 1.25 bits per heavy atom. The molecule has 24 heavy (non-hydrogen) atoms. The van der Waals surface area contributed by atoms with E-state index in [0.717, 1.165) is 28.1 Å². The zero-order valence-electron chi connectivity index (χ0n) is 12.7. The topological polar surface area (TPSA) is 95.8 Å². The first-order valence-electron chi connectivity index (χ1n) is 7.34. The molecule has 8 heteroatoms. The molecule has 0 saturated heterocycles. The highest BCUT2D eigenvalue weighted by atomic mass is 32.3. The number of carbonyl (C=O) groups is 1. The highest BCUT2D eigenvalue weighted by molar-refractivity contribution is 8.33. The van der Waals surface area contributed by atoms with E-state index in [9.17, 15) is 13.2 Å². The van der Waals surface area contributed by atoms with Crippen LogP contribution in [-0.2, 0) is 21.5 Å². The van der Waals surface area contributed by atoms with Gasteiger partial charge in [0.2, 0.25) is 10.3 Å². The third-order valence-electron chi connectivity index (χ3n) is 3.63. The third kappa shape index (κ3) is 4.14. The predicted molar refractivity (Wildman–Crippen MR) is 95.6 cm³/mol. The van der Waals surface area contributed by atoms with Gasteiger partial charge in [-0.15, -0.1) is 0 Å². The average molecular weight is 364 g/mol. The molecule has 3 rings (SSSR count). The average Bonchev–Trinajstić information content (AvgIpc) is 3.01. The highest BCUT2D eigenvalue weighted by Crippen LogP contribution is 2.23. The number of amides is 1. The van der Waals surface area contributed by atoms with Gasteiger partial charge in [-0.25, -0.2) is 0 Å². The number of aliphatic imine (C=N–C) groups is 1. The monoisotopic (exact) mass is 364 g/mol. The van der Waals surface area contributed by atoms with Crippen molar-refractivity contribution in [1.29, 1.82) is 0 Å². The van der Waals surface area contributed by atoms with E-state index in [1.54, 1.807) is 0 Å². The van der Waals surface area contributed by atoms with Crippen LogP contribution in [0.15, 0.2) is 47.5 Å². The van der Waals surface area contributed by atoms with Crippen LogP contribution in [0.5, 0.6) is 0 Å². The maximum atomic E-state index is 12.0. The van der Waals surface area contributed by atoms with Gasteiger partial charge in [-0.2, -0.15) is 8.42 Å². The molecular formula is C16H16N2O4S2. The van der Waals surface area contributed by atoms with Crippen molar-refractivity contribution in [3.63, 3.8) is 0 Å². The molecule has 2 aromatic carbocycles. The predicted octanol–water partition coefficient (Wildman–Crippen LogP) is 2.21. The van der Waals surface area contributed by atoms with Gasteiger partial charge in [0.15, 0.2) is 0 Å². The molecule has 0 bridgehead atoms. The van der Waals surface area contributed by atoms with Crippen LogP contribution in [0, 0.1) is 0 Å². The second-order valence-corrected chi connectivity index (χ2v) is 8.10. The molecule has 0 radical (unpaired) electrons. The third-order valence-corrected chi connectivity index (χ3v) is 6.07. The van der Waals surface area contributed by atoms with Gasteiger partial charge in [0.25, 0.3) is 0 Å². The fourth-order valence-electron chi connectivity index (χ4n) is 2.47. The summed E-state index contributed by atoms with van der Waals surface area (Å²) in [4.78, 5) is 15.9. The summed E-state index contributed by atoms with van der Waals surface area (Å²) in [5.41, 5.74) is 0.991. The summed E-state index contributed by atoms with van der Waals surface area (Å²) in [5, 5.41) is 5.07. The lowest BCUT2D eigenvalue weighted by atomic mass is 10.1. The standard InChI is InChI=1S/C16H16N2O4S2/c19-15(8-14-10-23-16(18-14)24(20,21)22)17-9-11-5-6-12-3-1-2-4-13(12)7-11/h1-7,14H,8-10H2,(H,17,19)(H,20,21,22). The quantitative estimate of drug-likeness (QED) is 0.811. The first-order valence-corrected chi connectivity index (χ1v) is 9.77. The zero-order chi connectivity index (χ0) is 17.2. The second-order valence-electron chi connectivity index (χ2n) is 5.50. The van der Waals surface area contributed by atoms with Crippen molar-refractivity contribution in [3.8, 4) is 0 Å². The van der Waals surface area contributed by atoms with Crippen LogP contribution < -0.4 is 5.32 Å². The Balaban J connectivity index is 1.56. The highest BCUT2D eigenvalue weighted by Gasteiger charge is 2.27. The van der Waals surface area contributed by atoms with Crippen LogP contribution >= 0.6 is 11.8 Å². The van der Waals surface area contributed by atoms with Crippen molar-refractivity contribution in [2.75, 3.05) is 5.75 Å². The van der Waals surface area contributed by atoms with E-state index in [-0.39, 0.29) is 16.7 Å². The van der Waals surface area contributed by atoms with Gasteiger partial charge < -0.3 is 5.32 Å². The molecule has 0 spiro atoms. The van der Waals surface area contributed by atoms with Gasteiger partial charge in [0.05, 0.1) is 6.04 Å². The molecule has 1 unspecified atom stereocenters. The van der Waals surface area contributed by atoms with E-state index in [1.165, 1.54) is 0 Å². The van der Waals surface area contributed by atoms with Gasteiger partial charge in [0, 0.05) is 18.7 Å². The van der Waals surface area contributed by atoms with Gasteiger partial charge in [-0.1, -0.05) is 48.2 Å². The number of nitrogens with one attached hydrogen (secondary N) is 1. The molecule has 126 valence electrons. The van der Waals surface area contributed by atoms with E-state index in [1.807, 2.05) is 42.5 Å². The lowest BCUT2D eigenvalue weighted by Gasteiger charge is -2.08. The number of hydrogen-bond donors (Lipinski definition) is 2. The van der Waals surface area contributed by atoms with Gasteiger partial charge in [-0.05, 0) is 22.4 Å². The van der Waals surface area contributed by atoms with E-state index >= 15 is 0 Å². The van der Waals surface area contributed by atoms with Crippen molar-refractivity contribution >= 4 is 42.9 Å². The zero-order valence-corrected chi connectivity index (χ0v) is 14.3. The molecule has 6 nitrogen and oxygen atoms in total.